The summed E-state index contributed by atoms with van der Waals surface area (Å²) in [6.07, 6.45) is 0.736. The molecular weight excluding hydrogens is 314 g/mol. The van der Waals surface area contributed by atoms with Gasteiger partial charge in [-0.15, -0.1) is 0 Å². The van der Waals surface area contributed by atoms with Crippen LogP contribution in [0.2, 0.25) is 0 Å². The van der Waals surface area contributed by atoms with Gasteiger partial charge in [0.25, 0.3) is 0 Å². The Hall–Kier alpha value is -0.520. The van der Waals surface area contributed by atoms with E-state index < -0.39 is 0 Å². The average molecular weight is 332 g/mol. The lowest BCUT2D eigenvalue weighted by Gasteiger charge is -2.14. The number of halogens is 1. The minimum atomic E-state index is 0.0176. The van der Waals surface area contributed by atoms with E-state index in [1.807, 2.05) is 31.2 Å². The Balaban J connectivity index is 2.33. The molecule has 1 amide bonds. The summed E-state index contributed by atoms with van der Waals surface area (Å²) in [6.45, 7) is 2.16. The Morgan fingerprint density at radius 3 is 2.72 bits per heavy atom. The van der Waals surface area contributed by atoms with Crippen molar-refractivity contribution in [2.45, 2.75) is 19.4 Å². The van der Waals surface area contributed by atoms with Gasteiger partial charge < -0.3 is 10.4 Å². The van der Waals surface area contributed by atoms with Crippen molar-refractivity contribution in [3.63, 3.8) is 0 Å². The van der Waals surface area contributed by atoms with Crippen molar-refractivity contribution in [2.24, 2.45) is 0 Å². The van der Waals surface area contributed by atoms with Crippen LogP contribution in [0.15, 0.2) is 28.7 Å². The number of carbonyl (C=O) groups is 1. The van der Waals surface area contributed by atoms with Gasteiger partial charge in [-0.1, -0.05) is 28.1 Å². The van der Waals surface area contributed by atoms with E-state index in [-0.39, 0.29) is 18.6 Å². The zero-order chi connectivity index (χ0) is 13.4. The molecule has 0 aliphatic rings. The minimum Gasteiger partial charge on any atom is -0.396 e. The molecule has 100 valence electrons. The lowest BCUT2D eigenvalue weighted by Crippen LogP contribution is -2.28. The second-order valence-corrected chi connectivity index (χ2v) is 5.99. The third kappa shape index (κ3) is 5.89. The molecule has 0 heterocycles. The molecule has 0 saturated carbocycles. The molecule has 0 aliphatic carbocycles. The fraction of sp³-hybridized carbons (Fsp3) is 0.462. The fourth-order valence-corrected chi connectivity index (χ4v) is 2.46. The summed E-state index contributed by atoms with van der Waals surface area (Å²) in [7, 11) is 0. The molecule has 1 unspecified atom stereocenters. The zero-order valence-electron chi connectivity index (χ0n) is 10.4. The highest BCUT2D eigenvalue weighted by Crippen LogP contribution is 2.16. The lowest BCUT2D eigenvalue weighted by molar-refractivity contribution is -0.119. The van der Waals surface area contributed by atoms with Crippen LogP contribution in [-0.2, 0) is 4.79 Å². The molecule has 5 heteroatoms. The van der Waals surface area contributed by atoms with Crippen molar-refractivity contribution in [2.75, 3.05) is 18.1 Å². The smallest absolute Gasteiger partial charge is 0.230 e. The third-order valence-electron chi connectivity index (χ3n) is 2.43. The van der Waals surface area contributed by atoms with Crippen molar-refractivity contribution in [1.82, 2.24) is 5.32 Å². The van der Waals surface area contributed by atoms with Crippen molar-refractivity contribution in [3.05, 3.63) is 34.3 Å². The molecule has 1 rings (SSSR count). The molecule has 0 aliphatic heterocycles. The van der Waals surface area contributed by atoms with E-state index in [9.17, 15) is 4.79 Å². The number of carbonyl (C=O) groups excluding carboxylic acids is 1. The molecule has 0 fully saturated rings. The number of thioether (sulfide) groups is 1. The summed E-state index contributed by atoms with van der Waals surface area (Å²) in [6, 6.07) is 7.94. The Labute approximate surface area is 120 Å². The van der Waals surface area contributed by atoms with Gasteiger partial charge in [0.2, 0.25) is 5.91 Å². The molecule has 1 aromatic rings. The average Bonchev–Trinajstić information content (AvgIpc) is 2.35. The number of amides is 1. The van der Waals surface area contributed by atoms with E-state index in [1.54, 1.807) is 11.8 Å². The number of hydrogen-bond donors (Lipinski definition) is 2. The molecule has 3 nitrogen and oxygen atoms in total. The van der Waals surface area contributed by atoms with Crippen LogP contribution in [0.25, 0.3) is 0 Å². The molecule has 0 bridgehead atoms. The first-order chi connectivity index (χ1) is 8.63. The first-order valence-corrected chi connectivity index (χ1v) is 7.81. The van der Waals surface area contributed by atoms with Crippen LogP contribution in [0.4, 0.5) is 0 Å². The predicted molar refractivity (Wildman–Crippen MR) is 79.7 cm³/mol. The Bertz CT molecular complexity index is 370. The SMILES string of the molecule is CC(NC(=O)CSCCCO)c1ccc(Br)cc1. The van der Waals surface area contributed by atoms with E-state index in [2.05, 4.69) is 21.2 Å². The molecule has 1 aromatic carbocycles. The van der Waals surface area contributed by atoms with Gasteiger partial charge in [-0.2, -0.15) is 11.8 Å². The monoisotopic (exact) mass is 331 g/mol. The Kier molecular flexibility index (Phi) is 7.39. The second kappa shape index (κ2) is 8.56. The number of rotatable bonds is 7. The molecule has 0 saturated heterocycles. The van der Waals surface area contributed by atoms with Crippen molar-refractivity contribution in [1.29, 1.82) is 0 Å². The van der Waals surface area contributed by atoms with E-state index in [0.29, 0.717) is 5.75 Å². The van der Waals surface area contributed by atoms with Crippen LogP contribution in [0.1, 0.15) is 24.9 Å². The van der Waals surface area contributed by atoms with E-state index in [4.69, 9.17) is 5.11 Å². The topological polar surface area (TPSA) is 49.3 Å². The van der Waals surface area contributed by atoms with Gasteiger partial charge in [0.15, 0.2) is 0 Å². The Morgan fingerprint density at radius 1 is 1.44 bits per heavy atom. The second-order valence-electron chi connectivity index (χ2n) is 3.97. The van der Waals surface area contributed by atoms with Gasteiger partial charge in [-0.05, 0) is 36.8 Å². The number of aliphatic hydroxyl groups excluding tert-OH is 1. The van der Waals surface area contributed by atoms with Crippen LogP contribution in [0.5, 0.6) is 0 Å². The zero-order valence-corrected chi connectivity index (χ0v) is 12.8. The number of nitrogens with one attached hydrogen (secondary N) is 1. The van der Waals surface area contributed by atoms with E-state index >= 15 is 0 Å². The van der Waals surface area contributed by atoms with E-state index in [1.165, 1.54) is 0 Å². The normalized spacial score (nSPS) is 12.2. The highest BCUT2D eigenvalue weighted by Gasteiger charge is 2.09. The summed E-state index contributed by atoms with van der Waals surface area (Å²) in [5, 5.41) is 11.6. The number of benzene rings is 1. The maximum Gasteiger partial charge on any atom is 0.230 e. The summed E-state index contributed by atoms with van der Waals surface area (Å²) >= 11 is 4.93. The summed E-state index contributed by atoms with van der Waals surface area (Å²) in [4.78, 5) is 11.7. The molecule has 0 radical (unpaired) electrons. The maximum absolute atomic E-state index is 11.7. The van der Waals surface area contributed by atoms with E-state index in [0.717, 1.165) is 22.2 Å². The first-order valence-electron chi connectivity index (χ1n) is 5.87. The van der Waals surface area contributed by atoms with Crippen LogP contribution >= 0.6 is 27.7 Å². The highest BCUT2D eigenvalue weighted by atomic mass is 79.9. The van der Waals surface area contributed by atoms with Gasteiger partial charge in [0.05, 0.1) is 11.8 Å². The Morgan fingerprint density at radius 2 is 2.11 bits per heavy atom. The van der Waals surface area contributed by atoms with Gasteiger partial charge in [-0.25, -0.2) is 0 Å². The van der Waals surface area contributed by atoms with Crippen LogP contribution in [0.3, 0.4) is 0 Å². The van der Waals surface area contributed by atoms with Crippen LogP contribution < -0.4 is 5.32 Å². The molecule has 0 aromatic heterocycles. The largest absolute Gasteiger partial charge is 0.396 e. The minimum absolute atomic E-state index is 0.0176. The van der Waals surface area contributed by atoms with Crippen LogP contribution in [-0.4, -0.2) is 29.1 Å². The lowest BCUT2D eigenvalue weighted by atomic mass is 10.1. The first kappa shape index (κ1) is 15.5. The van der Waals surface area contributed by atoms with Gasteiger partial charge >= 0.3 is 0 Å². The number of aliphatic hydroxyl groups is 1. The highest BCUT2D eigenvalue weighted by molar-refractivity contribution is 9.10. The molecule has 2 N–H and O–H groups in total. The summed E-state index contributed by atoms with van der Waals surface area (Å²) < 4.78 is 1.03. The van der Waals surface area contributed by atoms with Crippen molar-refractivity contribution >= 4 is 33.6 Å². The van der Waals surface area contributed by atoms with Gasteiger partial charge in [0.1, 0.15) is 0 Å². The number of hydrogen-bond acceptors (Lipinski definition) is 3. The molecule has 18 heavy (non-hydrogen) atoms. The molecule has 1 atom stereocenters. The van der Waals surface area contributed by atoms with Crippen molar-refractivity contribution in [3.8, 4) is 0 Å². The summed E-state index contributed by atoms with van der Waals surface area (Å²) in [5.74, 6) is 1.30. The molecule has 0 spiro atoms. The maximum atomic E-state index is 11.7. The molecular formula is C13H18BrNO2S. The van der Waals surface area contributed by atoms with Gasteiger partial charge in [-0.3, -0.25) is 4.79 Å². The fourth-order valence-electron chi connectivity index (χ4n) is 1.45. The van der Waals surface area contributed by atoms with Crippen molar-refractivity contribution < 1.29 is 9.90 Å². The quantitative estimate of drug-likeness (QED) is 0.755. The standard InChI is InChI=1S/C13H18BrNO2S/c1-10(11-3-5-12(14)6-4-11)15-13(17)9-18-8-2-7-16/h3-6,10,16H,2,7-9H2,1H3,(H,15,17). The summed E-state index contributed by atoms with van der Waals surface area (Å²) in [5.41, 5.74) is 1.09. The van der Waals surface area contributed by atoms with Crippen LogP contribution in [0, 0.1) is 0 Å². The van der Waals surface area contributed by atoms with Gasteiger partial charge in [0, 0.05) is 11.1 Å². The predicted octanol–water partition coefficient (Wildman–Crippen LogP) is 2.74. The third-order valence-corrected chi connectivity index (χ3v) is 4.00.